The molecule has 0 aromatic heterocycles. The van der Waals surface area contributed by atoms with E-state index < -0.39 is 21.4 Å². The van der Waals surface area contributed by atoms with Crippen LogP contribution in [0.2, 0.25) is 0 Å². The number of carboxylic acids is 1. The Bertz CT molecular complexity index is 733. The van der Waals surface area contributed by atoms with Crippen molar-refractivity contribution in [1.82, 2.24) is 9.62 Å². The Kier molecular flexibility index (Phi) is 5.84. The van der Waals surface area contributed by atoms with E-state index in [9.17, 15) is 23.1 Å². The quantitative estimate of drug-likeness (QED) is 0.755. The van der Waals surface area contributed by atoms with Crippen LogP contribution >= 0.6 is 0 Å². The second-order valence-corrected chi connectivity index (χ2v) is 8.41. The molecule has 8 heteroatoms. The number of hydrogen-bond donors (Lipinski definition) is 2. The van der Waals surface area contributed by atoms with Crippen LogP contribution in [0.5, 0.6) is 0 Å². The number of amides is 1. The largest absolute Gasteiger partial charge is 0.481 e. The molecule has 1 saturated heterocycles. The van der Waals surface area contributed by atoms with Gasteiger partial charge in [-0.15, -0.1) is 0 Å². The minimum absolute atomic E-state index is 0.000141. The molecule has 1 heterocycles. The molecule has 1 aliphatic heterocycles. The zero-order valence-corrected chi connectivity index (χ0v) is 15.3. The summed E-state index contributed by atoms with van der Waals surface area (Å²) in [4.78, 5) is 25.6. The minimum atomic E-state index is -3.64. The van der Waals surface area contributed by atoms with Crippen molar-refractivity contribution in [2.75, 3.05) is 19.6 Å². The molecule has 0 saturated carbocycles. The van der Waals surface area contributed by atoms with Crippen molar-refractivity contribution >= 4 is 21.9 Å². The standard InChI is InChI=1S/C17H24N2O5S/c1-13(2)17(16(21)22)9-11-19(12-17)15(20)8-10-18-25(23,24)14-6-4-3-5-7-14/h3-7,13,18H,8-12H2,1-2H3,(H,21,22). The summed E-state index contributed by atoms with van der Waals surface area (Å²) in [6, 6.07) is 7.94. The third kappa shape index (κ3) is 4.19. The number of carbonyl (C=O) groups is 2. The highest BCUT2D eigenvalue weighted by atomic mass is 32.2. The summed E-state index contributed by atoms with van der Waals surface area (Å²) in [6.07, 6.45) is 0.418. The molecule has 1 fully saturated rings. The molecular formula is C17H24N2O5S. The van der Waals surface area contributed by atoms with Gasteiger partial charge < -0.3 is 10.0 Å². The van der Waals surface area contributed by atoms with E-state index in [1.165, 1.54) is 17.0 Å². The van der Waals surface area contributed by atoms with Crippen LogP contribution in [0, 0.1) is 11.3 Å². The van der Waals surface area contributed by atoms with Gasteiger partial charge in [0.2, 0.25) is 15.9 Å². The molecule has 0 bridgehead atoms. The van der Waals surface area contributed by atoms with E-state index >= 15 is 0 Å². The molecule has 0 spiro atoms. The average Bonchev–Trinajstić information content (AvgIpc) is 3.02. The number of aliphatic carboxylic acids is 1. The minimum Gasteiger partial charge on any atom is -0.481 e. The summed E-state index contributed by atoms with van der Waals surface area (Å²) in [6.45, 7) is 4.22. The number of rotatable bonds is 7. The summed E-state index contributed by atoms with van der Waals surface area (Å²) < 4.78 is 26.6. The van der Waals surface area contributed by atoms with E-state index in [2.05, 4.69) is 4.72 Å². The fraction of sp³-hybridized carbons (Fsp3) is 0.529. The molecule has 25 heavy (non-hydrogen) atoms. The third-order valence-electron chi connectivity index (χ3n) is 4.87. The highest BCUT2D eigenvalue weighted by Crippen LogP contribution is 2.38. The van der Waals surface area contributed by atoms with Crippen LogP contribution < -0.4 is 4.72 Å². The van der Waals surface area contributed by atoms with Crippen LogP contribution in [-0.2, 0) is 19.6 Å². The lowest BCUT2D eigenvalue weighted by atomic mass is 9.76. The van der Waals surface area contributed by atoms with Gasteiger partial charge in [0.05, 0.1) is 10.3 Å². The van der Waals surface area contributed by atoms with E-state index in [0.717, 1.165) is 0 Å². The maximum Gasteiger partial charge on any atom is 0.311 e. The average molecular weight is 368 g/mol. The Balaban J connectivity index is 1.91. The van der Waals surface area contributed by atoms with Crippen LogP contribution in [0.25, 0.3) is 0 Å². The SMILES string of the molecule is CC(C)C1(C(=O)O)CCN(C(=O)CCNS(=O)(=O)c2ccccc2)C1. The van der Waals surface area contributed by atoms with Crippen molar-refractivity contribution in [3.8, 4) is 0 Å². The van der Waals surface area contributed by atoms with Crippen molar-refractivity contribution in [1.29, 1.82) is 0 Å². The molecule has 0 radical (unpaired) electrons. The van der Waals surface area contributed by atoms with Gasteiger partial charge >= 0.3 is 5.97 Å². The van der Waals surface area contributed by atoms with Gasteiger partial charge in [0.1, 0.15) is 0 Å². The molecule has 2 N–H and O–H groups in total. The maximum absolute atomic E-state index is 12.3. The topological polar surface area (TPSA) is 104 Å². The van der Waals surface area contributed by atoms with Gasteiger partial charge in [0.15, 0.2) is 0 Å². The zero-order valence-electron chi connectivity index (χ0n) is 14.4. The number of likely N-dealkylation sites (tertiary alicyclic amines) is 1. The highest BCUT2D eigenvalue weighted by Gasteiger charge is 2.48. The first-order valence-corrected chi connectivity index (χ1v) is 9.73. The zero-order chi connectivity index (χ0) is 18.7. The molecule has 7 nitrogen and oxygen atoms in total. The number of nitrogens with zero attached hydrogens (tertiary/aromatic N) is 1. The maximum atomic E-state index is 12.3. The molecule has 138 valence electrons. The number of benzene rings is 1. The first-order valence-electron chi connectivity index (χ1n) is 8.25. The Labute approximate surface area is 148 Å². The molecule has 0 aliphatic carbocycles. The van der Waals surface area contributed by atoms with Crippen LogP contribution in [-0.4, -0.2) is 49.9 Å². The molecule has 1 aromatic rings. The van der Waals surface area contributed by atoms with Crippen molar-refractivity contribution in [3.05, 3.63) is 30.3 Å². The second-order valence-electron chi connectivity index (χ2n) is 6.64. The normalized spacial score (nSPS) is 20.8. The van der Waals surface area contributed by atoms with Crippen LogP contribution in [0.3, 0.4) is 0 Å². The molecule has 1 aliphatic rings. The van der Waals surface area contributed by atoms with E-state index in [-0.39, 0.29) is 36.2 Å². The number of sulfonamides is 1. The lowest BCUT2D eigenvalue weighted by molar-refractivity contribution is -0.151. The third-order valence-corrected chi connectivity index (χ3v) is 6.35. The van der Waals surface area contributed by atoms with Crippen LogP contribution in [0.15, 0.2) is 35.2 Å². The predicted octanol–water partition coefficient (Wildman–Crippen LogP) is 1.31. The molecule has 1 atom stereocenters. The van der Waals surface area contributed by atoms with E-state index in [0.29, 0.717) is 13.0 Å². The van der Waals surface area contributed by atoms with Crippen molar-refractivity contribution in [2.45, 2.75) is 31.6 Å². The van der Waals surface area contributed by atoms with Gasteiger partial charge in [-0.25, -0.2) is 13.1 Å². The fourth-order valence-corrected chi connectivity index (χ4v) is 4.13. The van der Waals surface area contributed by atoms with Crippen LogP contribution in [0.1, 0.15) is 26.7 Å². The Morgan fingerprint density at radius 2 is 1.92 bits per heavy atom. The van der Waals surface area contributed by atoms with Crippen molar-refractivity contribution < 1.29 is 23.1 Å². The summed E-state index contributed by atoms with van der Waals surface area (Å²) in [5.41, 5.74) is -0.917. The fourth-order valence-electron chi connectivity index (χ4n) is 3.07. The molecule has 1 amide bonds. The number of hydrogen-bond acceptors (Lipinski definition) is 4. The molecular weight excluding hydrogens is 344 g/mol. The van der Waals surface area contributed by atoms with E-state index in [1.807, 2.05) is 13.8 Å². The lowest BCUT2D eigenvalue weighted by Gasteiger charge is -2.28. The summed E-state index contributed by atoms with van der Waals surface area (Å²) in [7, 11) is -3.64. The van der Waals surface area contributed by atoms with Gasteiger partial charge in [-0.05, 0) is 24.5 Å². The van der Waals surface area contributed by atoms with Crippen molar-refractivity contribution in [3.63, 3.8) is 0 Å². The monoisotopic (exact) mass is 368 g/mol. The van der Waals surface area contributed by atoms with Gasteiger partial charge in [0.25, 0.3) is 0 Å². The predicted molar refractivity (Wildman–Crippen MR) is 92.4 cm³/mol. The van der Waals surface area contributed by atoms with Gasteiger partial charge in [-0.3, -0.25) is 9.59 Å². The molecule has 2 rings (SSSR count). The van der Waals surface area contributed by atoms with E-state index in [4.69, 9.17) is 0 Å². The number of carboxylic acid groups (broad SMARTS) is 1. The Hall–Kier alpha value is -1.93. The van der Waals surface area contributed by atoms with Gasteiger partial charge in [0, 0.05) is 26.1 Å². The number of carbonyl (C=O) groups excluding carboxylic acids is 1. The second kappa shape index (κ2) is 7.53. The Morgan fingerprint density at radius 3 is 2.44 bits per heavy atom. The first kappa shape index (κ1) is 19.4. The Morgan fingerprint density at radius 1 is 1.28 bits per heavy atom. The highest BCUT2D eigenvalue weighted by molar-refractivity contribution is 7.89. The van der Waals surface area contributed by atoms with E-state index in [1.54, 1.807) is 18.2 Å². The first-order chi connectivity index (χ1) is 11.7. The summed E-state index contributed by atoms with van der Waals surface area (Å²) in [5, 5.41) is 9.51. The molecule has 1 unspecified atom stereocenters. The van der Waals surface area contributed by atoms with Crippen molar-refractivity contribution in [2.24, 2.45) is 11.3 Å². The van der Waals surface area contributed by atoms with Crippen LogP contribution in [0.4, 0.5) is 0 Å². The van der Waals surface area contributed by atoms with Gasteiger partial charge in [-0.1, -0.05) is 32.0 Å². The lowest BCUT2D eigenvalue weighted by Crippen LogP contribution is -2.41. The summed E-state index contributed by atoms with van der Waals surface area (Å²) >= 11 is 0. The smallest absolute Gasteiger partial charge is 0.311 e. The van der Waals surface area contributed by atoms with Gasteiger partial charge in [-0.2, -0.15) is 0 Å². The summed E-state index contributed by atoms with van der Waals surface area (Å²) in [5.74, 6) is -1.21. The molecule has 1 aromatic carbocycles. The number of nitrogens with one attached hydrogen (secondary N) is 1.